The quantitative estimate of drug-likeness (QED) is 0.118. The molecular weight excluding hydrogens is 781 g/mol. The molecular formula is C43H50N12O6. The fourth-order valence-electron chi connectivity index (χ4n) is 7.87. The van der Waals surface area contributed by atoms with Gasteiger partial charge in [-0.05, 0) is 62.1 Å². The van der Waals surface area contributed by atoms with E-state index in [1.165, 1.54) is 38.4 Å². The smallest absolute Gasteiger partial charge is 0.339 e. The van der Waals surface area contributed by atoms with Crippen molar-refractivity contribution in [3.05, 3.63) is 83.7 Å². The minimum Gasteiger partial charge on any atom is -0.478 e. The van der Waals surface area contributed by atoms with Gasteiger partial charge in [-0.3, -0.25) is 9.59 Å². The molecule has 2 aliphatic carbocycles. The van der Waals surface area contributed by atoms with Crippen LogP contribution in [0.2, 0.25) is 0 Å². The van der Waals surface area contributed by atoms with Crippen LogP contribution in [0, 0.1) is 0 Å². The number of rotatable bonds is 10. The highest BCUT2D eigenvalue weighted by atomic mass is 16.5. The van der Waals surface area contributed by atoms with E-state index in [9.17, 15) is 19.2 Å². The predicted molar refractivity (Wildman–Crippen MR) is 229 cm³/mol. The van der Waals surface area contributed by atoms with Gasteiger partial charge in [0.05, 0.1) is 18.2 Å². The first-order valence-electron chi connectivity index (χ1n) is 20.4. The minimum atomic E-state index is -1.03. The van der Waals surface area contributed by atoms with Crippen LogP contribution in [0.4, 0.5) is 23.5 Å². The van der Waals surface area contributed by atoms with E-state index in [1.807, 2.05) is 12.1 Å². The van der Waals surface area contributed by atoms with Crippen molar-refractivity contribution in [3.8, 4) is 0 Å². The van der Waals surface area contributed by atoms with Crippen molar-refractivity contribution < 1.29 is 29.0 Å². The Hall–Kier alpha value is -6.98. The van der Waals surface area contributed by atoms with Crippen LogP contribution < -0.4 is 10.6 Å². The van der Waals surface area contributed by atoms with E-state index in [2.05, 4.69) is 44.7 Å². The molecule has 0 spiro atoms. The zero-order valence-electron chi connectivity index (χ0n) is 35.0. The molecule has 6 heterocycles. The molecule has 3 N–H and O–H groups in total. The summed E-state index contributed by atoms with van der Waals surface area (Å²) in [6, 6.07) is 10.5. The molecule has 0 atom stereocenters. The molecule has 0 aliphatic heterocycles. The lowest BCUT2D eigenvalue weighted by molar-refractivity contribution is 0.0599. The Morgan fingerprint density at radius 1 is 0.623 bits per heavy atom. The number of fused-ring (bicyclic) bond motifs is 2. The Kier molecular flexibility index (Phi) is 12.8. The monoisotopic (exact) mass is 830 g/mol. The molecule has 2 saturated carbocycles. The zero-order chi connectivity index (χ0) is 43.2. The number of hydrogen-bond acceptors (Lipinski definition) is 13. The Bertz CT molecular complexity index is 2540. The van der Waals surface area contributed by atoms with Crippen LogP contribution in [0.25, 0.3) is 22.1 Å². The van der Waals surface area contributed by atoms with E-state index in [0.29, 0.717) is 46.1 Å². The summed E-state index contributed by atoms with van der Waals surface area (Å²) in [7, 11) is 8.34. The van der Waals surface area contributed by atoms with Gasteiger partial charge in [0.1, 0.15) is 34.3 Å². The molecule has 6 aromatic rings. The SMILES string of the molecule is CN(C)C(=O)c1cc2cnc(Nc3ccc(C(=O)O)cn3)nc2n1C1CCCCC1.COC(=O)c1ccc(Nc2ncc3cc(C(=O)N(C)C)n(C4CCCCC4)c3n2)nc1. The van der Waals surface area contributed by atoms with Gasteiger partial charge in [-0.15, -0.1) is 0 Å². The molecule has 6 aromatic heterocycles. The molecule has 0 radical (unpaired) electrons. The number of anilines is 4. The van der Waals surface area contributed by atoms with E-state index in [-0.39, 0.29) is 29.5 Å². The average molecular weight is 831 g/mol. The summed E-state index contributed by atoms with van der Waals surface area (Å²) in [6.45, 7) is 0. The van der Waals surface area contributed by atoms with Crippen molar-refractivity contribution in [3.63, 3.8) is 0 Å². The van der Waals surface area contributed by atoms with Gasteiger partial charge in [0.2, 0.25) is 11.9 Å². The van der Waals surface area contributed by atoms with Crippen LogP contribution >= 0.6 is 0 Å². The lowest BCUT2D eigenvalue weighted by Crippen LogP contribution is -2.26. The summed E-state index contributed by atoms with van der Waals surface area (Å²) in [5.41, 5.74) is 3.18. The van der Waals surface area contributed by atoms with Gasteiger partial charge in [-0.2, -0.15) is 9.97 Å². The highest BCUT2D eigenvalue weighted by molar-refractivity contribution is 5.99. The van der Waals surface area contributed by atoms with Crippen LogP contribution in [-0.2, 0) is 4.74 Å². The predicted octanol–water partition coefficient (Wildman–Crippen LogP) is 7.04. The lowest BCUT2D eigenvalue weighted by Gasteiger charge is -2.26. The average Bonchev–Trinajstić information content (AvgIpc) is 3.85. The van der Waals surface area contributed by atoms with E-state index in [1.54, 1.807) is 68.6 Å². The standard InChI is InChI=1S/C22H26N6O3.C21H24N6O3/c1-27(2)20(29)17-11-15-13-24-22(25-18-10-9-14(12-23-18)21(30)31-3)26-19(15)28(17)16-7-5-4-6-8-16;1-26(2)19(28)16-10-14-12-23-21(24-17-9-8-13(11-22-17)20(29)30)25-18(14)27(16)15-6-4-3-5-7-15/h9-13,16H,4-8H2,1-3H3,(H,23,24,25,26);8-12,15H,3-7H2,1-2H3,(H,29,30)(H,22,23,24,25). The third-order valence-corrected chi connectivity index (χ3v) is 11.0. The first-order valence-corrected chi connectivity index (χ1v) is 20.4. The van der Waals surface area contributed by atoms with Gasteiger partial charge in [0.15, 0.2) is 0 Å². The fourth-order valence-corrected chi connectivity index (χ4v) is 7.87. The second kappa shape index (κ2) is 18.5. The van der Waals surface area contributed by atoms with Crippen molar-refractivity contribution >= 4 is 69.4 Å². The molecule has 2 aliphatic rings. The molecule has 18 nitrogen and oxygen atoms in total. The molecule has 318 valence electrons. The van der Waals surface area contributed by atoms with Crippen LogP contribution in [0.3, 0.4) is 0 Å². The molecule has 2 fully saturated rings. The van der Waals surface area contributed by atoms with E-state index < -0.39 is 11.9 Å². The Balaban J connectivity index is 0.000000184. The number of esters is 1. The maximum atomic E-state index is 12.9. The van der Waals surface area contributed by atoms with E-state index in [0.717, 1.165) is 67.8 Å². The number of ether oxygens (including phenoxy) is 1. The number of pyridine rings is 2. The molecule has 2 amide bonds. The highest BCUT2D eigenvalue weighted by Gasteiger charge is 2.27. The Labute approximate surface area is 352 Å². The van der Waals surface area contributed by atoms with Gasteiger partial charge < -0.3 is 39.4 Å². The largest absolute Gasteiger partial charge is 0.478 e. The molecule has 0 saturated heterocycles. The minimum absolute atomic E-state index is 0.0434. The number of aromatic carboxylic acids is 1. The summed E-state index contributed by atoms with van der Waals surface area (Å²) < 4.78 is 8.83. The number of methoxy groups -OCH3 is 1. The number of carboxylic acids is 1. The summed E-state index contributed by atoms with van der Waals surface area (Å²) >= 11 is 0. The molecule has 8 rings (SSSR count). The fraction of sp³-hybridized carbons (Fsp3) is 0.395. The first-order chi connectivity index (χ1) is 29.4. The van der Waals surface area contributed by atoms with Crippen LogP contribution in [0.5, 0.6) is 0 Å². The number of nitrogens with zero attached hydrogens (tertiary/aromatic N) is 10. The Morgan fingerprint density at radius 3 is 1.41 bits per heavy atom. The van der Waals surface area contributed by atoms with Gasteiger partial charge >= 0.3 is 11.9 Å². The molecule has 0 aromatic carbocycles. The second-order valence-corrected chi connectivity index (χ2v) is 15.6. The highest BCUT2D eigenvalue weighted by Crippen LogP contribution is 2.35. The number of carbonyl (C=O) groups is 4. The van der Waals surface area contributed by atoms with Gasteiger partial charge in [-0.1, -0.05) is 38.5 Å². The van der Waals surface area contributed by atoms with E-state index >= 15 is 0 Å². The number of amides is 2. The summed E-state index contributed by atoms with van der Waals surface area (Å²) in [5.74, 6) is 0.0985. The number of hydrogen-bond donors (Lipinski definition) is 3. The maximum absolute atomic E-state index is 12.9. The number of carbonyl (C=O) groups excluding carboxylic acids is 3. The lowest BCUT2D eigenvalue weighted by atomic mass is 9.95. The summed E-state index contributed by atoms with van der Waals surface area (Å²) in [6.07, 6.45) is 17.2. The number of nitrogens with one attached hydrogen (secondary N) is 2. The third kappa shape index (κ3) is 9.42. The molecule has 61 heavy (non-hydrogen) atoms. The van der Waals surface area contributed by atoms with Crippen molar-refractivity contribution in [2.75, 3.05) is 45.9 Å². The zero-order valence-corrected chi connectivity index (χ0v) is 35.0. The van der Waals surface area contributed by atoms with Crippen LogP contribution in [0.15, 0.2) is 61.2 Å². The number of carboxylic acid groups (broad SMARTS) is 1. The van der Waals surface area contributed by atoms with Crippen molar-refractivity contribution in [1.29, 1.82) is 0 Å². The first kappa shape index (κ1) is 42.2. The third-order valence-electron chi connectivity index (χ3n) is 11.0. The molecule has 0 bridgehead atoms. The van der Waals surface area contributed by atoms with Crippen molar-refractivity contribution in [1.82, 2.24) is 48.8 Å². The summed E-state index contributed by atoms with van der Waals surface area (Å²) in [5, 5.41) is 16.7. The van der Waals surface area contributed by atoms with Crippen LogP contribution in [0.1, 0.15) is 118 Å². The van der Waals surface area contributed by atoms with Gasteiger partial charge in [0, 0.05) is 75.8 Å². The molecule has 0 unspecified atom stereocenters. The molecule has 18 heteroatoms. The van der Waals surface area contributed by atoms with E-state index in [4.69, 9.17) is 14.8 Å². The van der Waals surface area contributed by atoms with Gasteiger partial charge in [-0.25, -0.2) is 29.5 Å². The van der Waals surface area contributed by atoms with Crippen molar-refractivity contribution in [2.24, 2.45) is 0 Å². The second-order valence-electron chi connectivity index (χ2n) is 15.6. The number of aromatic nitrogens is 8. The topological polar surface area (TPSA) is 215 Å². The normalized spacial score (nSPS) is 14.5. The summed E-state index contributed by atoms with van der Waals surface area (Å²) in [4.78, 5) is 77.9. The van der Waals surface area contributed by atoms with Gasteiger partial charge in [0.25, 0.3) is 11.8 Å². The maximum Gasteiger partial charge on any atom is 0.339 e. The Morgan fingerprint density at radius 2 is 1.05 bits per heavy atom. The van der Waals surface area contributed by atoms with Crippen molar-refractivity contribution in [2.45, 2.75) is 76.3 Å². The van der Waals surface area contributed by atoms with Crippen LogP contribution in [-0.4, -0.2) is 113 Å².